The van der Waals surface area contributed by atoms with Gasteiger partial charge in [-0.1, -0.05) is 0 Å². The molecule has 13 heavy (non-hydrogen) atoms. The fraction of sp³-hybridized carbons (Fsp3) is 0.111. The first kappa shape index (κ1) is 8.04. The molecule has 0 unspecified atom stereocenters. The summed E-state index contributed by atoms with van der Waals surface area (Å²) < 4.78 is 17.9. The van der Waals surface area contributed by atoms with Crippen molar-refractivity contribution in [1.29, 1.82) is 0 Å². The van der Waals surface area contributed by atoms with E-state index < -0.39 is 0 Å². The predicted octanol–water partition coefficient (Wildman–Crippen LogP) is 1.91. The molecule has 3 nitrogen and oxygen atoms in total. The van der Waals surface area contributed by atoms with E-state index in [1.54, 1.807) is 6.07 Å². The van der Waals surface area contributed by atoms with Crippen LogP contribution >= 0.6 is 0 Å². The molecule has 0 saturated carbocycles. The molecule has 1 N–H and O–H groups in total. The second-order valence-electron chi connectivity index (χ2n) is 2.57. The van der Waals surface area contributed by atoms with Gasteiger partial charge >= 0.3 is 0 Å². The topological polar surface area (TPSA) is 37.9 Å². The van der Waals surface area contributed by atoms with Gasteiger partial charge in [0.05, 0.1) is 17.5 Å². The van der Waals surface area contributed by atoms with E-state index >= 15 is 0 Å². The first-order valence-corrected chi connectivity index (χ1v) is 3.87. The van der Waals surface area contributed by atoms with Gasteiger partial charge in [-0.25, -0.2) is 4.39 Å². The van der Waals surface area contributed by atoms with Crippen molar-refractivity contribution in [3.05, 3.63) is 30.9 Å². The van der Waals surface area contributed by atoms with Crippen molar-refractivity contribution >= 4 is 10.9 Å². The Balaban J connectivity index is 2.58. The maximum absolute atomic E-state index is 12.8. The zero-order valence-corrected chi connectivity index (χ0v) is 6.88. The van der Waals surface area contributed by atoms with Gasteiger partial charge in [0.2, 0.25) is 5.88 Å². The van der Waals surface area contributed by atoms with E-state index in [4.69, 9.17) is 4.74 Å². The van der Waals surface area contributed by atoms with Crippen LogP contribution in [0.5, 0.6) is 5.88 Å². The fourth-order valence-electron chi connectivity index (χ4n) is 1.17. The lowest BCUT2D eigenvalue weighted by molar-refractivity contribution is 0.349. The number of aromatic amines is 1. The molecule has 2 rings (SSSR count). The van der Waals surface area contributed by atoms with Crippen LogP contribution in [0.25, 0.3) is 10.9 Å². The Morgan fingerprint density at radius 1 is 1.54 bits per heavy atom. The van der Waals surface area contributed by atoms with Crippen molar-refractivity contribution in [1.82, 2.24) is 10.2 Å². The number of halogens is 1. The van der Waals surface area contributed by atoms with E-state index in [1.807, 2.05) is 0 Å². The maximum Gasteiger partial charge on any atom is 0.240 e. The molecule has 1 radical (unpaired) electrons. The second kappa shape index (κ2) is 3.05. The average molecular weight is 179 g/mol. The molecule has 4 heteroatoms. The summed E-state index contributed by atoms with van der Waals surface area (Å²) in [6.45, 7) is 3.79. The molecule has 1 aromatic carbocycles. The van der Waals surface area contributed by atoms with Gasteiger partial charge in [-0.15, -0.1) is 5.10 Å². The third-order valence-electron chi connectivity index (χ3n) is 1.73. The number of hydrogen-bond donors (Lipinski definition) is 1. The Morgan fingerprint density at radius 2 is 2.38 bits per heavy atom. The van der Waals surface area contributed by atoms with Gasteiger partial charge in [0, 0.05) is 0 Å². The summed E-state index contributed by atoms with van der Waals surface area (Å²) in [6, 6.07) is 4.37. The number of H-pyrrole nitrogens is 1. The summed E-state index contributed by atoms with van der Waals surface area (Å²) >= 11 is 0. The summed E-state index contributed by atoms with van der Waals surface area (Å²) in [5.74, 6) is 0.0901. The lowest BCUT2D eigenvalue weighted by Crippen LogP contribution is -1.91. The molecule has 67 valence electrons. The van der Waals surface area contributed by atoms with E-state index in [0.717, 1.165) is 5.52 Å². The van der Waals surface area contributed by atoms with E-state index in [1.165, 1.54) is 12.1 Å². The highest BCUT2D eigenvalue weighted by atomic mass is 19.1. The standard InChI is InChI=1S/C9H8FN2O/c1-2-13-9-7-5-6(10)3-4-8(7)11-12-9/h3-5H,1-2H2,(H,11,12). The molecule has 0 bridgehead atoms. The van der Waals surface area contributed by atoms with Crippen molar-refractivity contribution < 1.29 is 9.13 Å². The summed E-state index contributed by atoms with van der Waals surface area (Å²) in [6.07, 6.45) is 0. The quantitative estimate of drug-likeness (QED) is 0.764. The Morgan fingerprint density at radius 3 is 3.15 bits per heavy atom. The molecule has 0 aliphatic heterocycles. The largest absolute Gasteiger partial charge is 0.476 e. The first-order chi connectivity index (χ1) is 6.31. The molecular weight excluding hydrogens is 171 g/mol. The predicted molar refractivity (Wildman–Crippen MR) is 46.9 cm³/mol. The highest BCUT2D eigenvalue weighted by Crippen LogP contribution is 2.22. The molecule has 0 spiro atoms. The monoisotopic (exact) mass is 179 g/mol. The maximum atomic E-state index is 12.8. The minimum Gasteiger partial charge on any atom is -0.476 e. The van der Waals surface area contributed by atoms with Gasteiger partial charge < -0.3 is 4.74 Å². The molecule has 1 heterocycles. The molecule has 0 atom stereocenters. The molecule has 0 amide bonds. The minimum absolute atomic E-state index is 0.274. The van der Waals surface area contributed by atoms with E-state index in [9.17, 15) is 4.39 Å². The van der Waals surface area contributed by atoms with Gasteiger partial charge in [-0.2, -0.15) is 0 Å². The van der Waals surface area contributed by atoms with E-state index in [-0.39, 0.29) is 12.4 Å². The summed E-state index contributed by atoms with van der Waals surface area (Å²) in [7, 11) is 0. The Kier molecular flexibility index (Phi) is 1.88. The van der Waals surface area contributed by atoms with Crippen molar-refractivity contribution in [2.75, 3.05) is 6.61 Å². The molecule has 0 aliphatic rings. The van der Waals surface area contributed by atoms with Gasteiger partial charge in [0.1, 0.15) is 5.82 Å². The molecule has 0 aliphatic carbocycles. The molecule has 0 fully saturated rings. The van der Waals surface area contributed by atoms with Crippen LogP contribution in [0.4, 0.5) is 4.39 Å². The van der Waals surface area contributed by atoms with Gasteiger partial charge in [0.25, 0.3) is 0 Å². The highest BCUT2D eigenvalue weighted by molar-refractivity contribution is 5.83. The summed E-state index contributed by atoms with van der Waals surface area (Å²) in [5.41, 5.74) is 0.754. The van der Waals surface area contributed by atoms with Crippen LogP contribution in [0.3, 0.4) is 0 Å². The van der Waals surface area contributed by atoms with Gasteiger partial charge in [-0.05, 0) is 25.1 Å². The summed E-state index contributed by atoms with van der Waals surface area (Å²) in [5, 5.41) is 7.25. The third-order valence-corrected chi connectivity index (χ3v) is 1.73. The van der Waals surface area contributed by atoms with E-state index in [2.05, 4.69) is 17.1 Å². The second-order valence-corrected chi connectivity index (χ2v) is 2.57. The zero-order valence-electron chi connectivity index (χ0n) is 6.88. The minimum atomic E-state index is -0.303. The third kappa shape index (κ3) is 1.35. The van der Waals surface area contributed by atoms with Crippen LogP contribution < -0.4 is 4.74 Å². The molecule has 0 saturated heterocycles. The number of hydrogen-bond acceptors (Lipinski definition) is 2. The highest BCUT2D eigenvalue weighted by Gasteiger charge is 2.06. The van der Waals surface area contributed by atoms with Crippen LogP contribution in [-0.4, -0.2) is 16.8 Å². The summed E-state index contributed by atoms with van der Waals surface area (Å²) in [4.78, 5) is 0. The Bertz CT molecular complexity index is 424. The number of ether oxygens (including phenoxy) is 1. The van der Waals surface area contributed by atoms with Crippen LogP contribution in [0, 0.1) is 12.7 Å². The number of nitrogens with zero attached hydrogens (tertiary/aromatic N) is 1. The van der Waals surface area contributed by atoms with E-state index in [0.29, 0.717) is 11.3 Å². The number of rotatable bonds is 2. The average Bonchev–Trinajstić information content (AvgIpc) is 2.49. The number of aromatic nitrogens is 2. The Hall–Kier alpha value is -1.58. The van der Waals surface area contributed by atoms with Crippen LogP contribution in [0.2, 0.25) is 0 Å². The number of fused-ring (bicyclic) bond motifs is 1. The van der Waals surface area contributed by atoms with Gasteiger partial charge in [-0.3, -0.25) is 5.10 Å². The Labute approximate surface area is 74.5 Å². The SMILES string of the molecule is [CH2]COc1n[nH]c2ccc(F)cc12. The molecular formula is C9H8FN2O. The first-order valence-electron chi connectivity index (χ1n) is 3.87. The van der Waals surface area contributed by atoms with Crippen molar-refractivity contribution in [2.45, 2.75) is 0 Å². The lowest BCUT2D eigenvalue weighted by Gasteiger charge is -1.96. The van der Waals surface area contributed by atoms with Crippen molar-refractivity contribution in [3.63, 3.8) is 0 Å². The fourth-order valence-corrected chi connectivity index (χ4v) is 1.17. The lowest BCUT2D eigenvalue weighted by atomic mass is 10.2. The van der Waals surface area contributed by atoms with Crippen molar-refractivity contribution in [2.24, 2.45) is 0 Å². The molecule has 2 aromatic rings. The molecule has 1 aromatic heterocycles. The smallest absolute Gasteiger partial charge is 0.240 e. The zero-order chi connectivity index (χ0) is 9.26. The van der Waals surface area contributed by atoms with Gasteiger partial charge in [0.15, 0.2) is 0 Å². The normalized spacial score (nSPS) is 10.6. The number of nitrogens with one attached hydrogen (secondary N) is 1. The van der Waals surface area contributed by atoms with Crippen LogP contribution in [0.15, 0.2) is 18.2 Å². The van der Waals surface area contributed by atoms with Crippen LogP contribution in [-0.2, 0) is 0 Å². The van der Waals surface area contributed by atoms with Crippen molar-refractivity contribution in [3.8, 4) is 5.88 Å². The van der Waals surface area contributed by atoms with Crippen LogP contribution in [0.1, 0.15) is 0 Å². The number of benzene rings is 1.